The lowest BCUT2D eigenvalue weighted by atomic mass is 10.1. The van der Waals surface area contributed by atoms with Crippen LogP contribution >= 0.6 is 0 Å². The van der Waals surface area contributed by atoms with E-state index in [2.05, 4.69) is 11.9 Å². The van der Waals surface area contributed by atoms with E-state index in [0.717, 1.165) is 0 Å². The lowest BCUT2D eigenvalue weighted by Crippen LogP contribution is -2.15. The van der Waals surface area contributed by atoms with E-state index in [4.69, 9.17) is 19.9 Å². The molecule has 3 N–H and O–H groups in total. The summed E-state index contributed by atoms with van der Waals surface area (Å²) in [5.41, 5.74) is 7.59. The van der Waals surface area contributed by atoms with Crippen molar-refractivity contribution < 1.29 is 23.8 Å². The number of carbonyl (C=O) groups is 2. The molecule has 0 fully saturated rings. The predicted octanol–water partition coefficient (Wildman–Crippen LogP) is 4.93. The van der Waals surface area contributed by atoms with Crippen molar-refractivity contribution in [1.29, 1.82) is 0 Å². The molecule has 0 saturated heterocycles. The van der Waals surface area contributed by atoms with Gasteiger partial charge in [0.15, 0.2) is 0 Å². The third kappa shape index (κ3) is 7.34. The molecule has 0 aliphatic rings. The number of anilines is 2. The molecule has 2 aromatic carbocycles. The Morgan fingerprint density at radius 2 is 1.56 bits per heavy atom. The van der Waals surface area contributed by atoms with Gasteiger partial charge in [-0.25, -0.2) is 4.79 Å². The number of nitrogen functional groups attached to an aromatic ring is 1. The highest BCUT2D eigenvalue weighted by Crippen LogP contribution is 2.29. The Hall–Kier alpha value is -3.48. The van der Waals surface area contributed by atoms with Crippen molar-refractivity contribution in [2.75, 3.05) is 30.9 Å². The van der Waals surface area contributed by atoms with Gasteiger partial charge in [0.1, 0.15) is 18.1 Å². The van der Waals surface area contributed by atoms with Crippen LogP contribution in [0.3, 0.4) is 0 Å². The largest absolute Gasteiger partial charge is 0.491 e. The summed E-state index contributed by atoms with van der Waals surface area (Å²) in [4.78, 5) is 25.1. The van der Waals surface area contributed by atoms with Gasteiger partial charge in [0.25, 0.3) is 5.91 Å². The molecule has 0 bridgehead atoms. The van der Waals surface area contributed by atoms with Crippen LogP contribution in [0.25, 0.3) is 0 Å². The average molecular weight is 441 g/mol. The summed E-state index contributed by atoms with van der Waals surface area (Å²) < 4.78 is 16.7. The van der Waals surface area contributed by atoms with Gasteiger partial charge in [0.05, 0.1) is 30.2 Å². The molecule has 0 atom stereocenters. The highest BCUT2D eigenvalue weighted by atomic mass is 16.5. The van der Waals surface area contributed by atoms with Gasteiger partial charge in [0, 0.05) is 5.56 Å². The van der Waals surface area contributed by atoms with Crippen molar-refractivity contribution >= 4 is 23.3 Å². The Balaban J connectivity index is 2.25. The van der Waals surface area contributed by atoms with E-state index >= 15 is 0 Å². The maximum atomic E-state index is 12.9. The fraction of sp³-hybridized carbons (Fsp3) is 0.360. The maximum Gasteiger partial charge on any atom is 0.338 e. The Morgan fingerprint density at radius 1 is 0.969 bits per heavy atom. The minimum Gasteiger partial charge on any atom is -0.491 e. The monoisotopic (exact) mass is 440 g/mol. The van der Waals surface area contributed by atoms with Crippen molar-refractivity contribution in [3.63, 3.8) is 0 Å². The molecule has 0 unspecified atom stereocenters. The second-order valence-electron chi connectivity index (χ2n) is 8.21. The topological polar surface area (TPSA) is 99.9 Å². The number of amides is 1. The summed E-state index contributed by atoms with van der Waals surface area (Å²) in [6, 6.07) is 9.63. The fourth-order valence-electron chi connectivity index (χ4n) is 2.60. The Morgan fingerprint density at radius 3 is 2.19 bits per heavy atom. The fourth-order valence-corrected chi connectivity index (χ4v) is 2.60. The van der Waals surface area contributed by atoms with Crippen LogP contribution in [0.4, 0.5) is 11.4 Å². The number of hydrogen-bond donors (Lipinski definition) is 2. The van der Waals surface area contributed by atoms with Gasteiger partial charge in [-0.1, -0.05) is 40.3 Å². The molecule has 1 amide bonds. The molecule has 7 nitrogen and oxygen atoms in total. The number of carbonyl (C=O) groups excluding carboxylic acids is 2. The van der Waals surface area contributed by atoms with Gasteiger partial charge < -0.3 is 25.3 Å². The lowest BCUT2D eigenvalue weighted by molar-refractivity contribution is 0.0549. The van der Waals surface area contributed by atoms with E-state index in [1.54, 1.807) is 36.4 Å². The van der Waals surface area contributed by atoms with Gasteiger partial charge in [-0.05, 0) is 48.2 Å². The summed E-state index contributed by atoms with van der Waals surface area (Å²) in [6.45, 7) is 12.6. The zero-order valence-corrected chi connectivity index (χ0v) is 19.1. The van der Waals surface area contributed by atoms with E-state index in [1.165, 1.54) is 6.08 Å². The van der Waals surface area contributed by atoms with E-state index in [1.807, 2.05) is 27.7 Å². The minimum absolute atomic E-state index is 0.109. The van der Waals surface area contributed by atoms with Crippen LogP contribution in [0, 0.1) is 11.8 Å². The molecule has 0 radical (unpaired) electrons. The van der Waals surface area contributed by atoms with Crippen LogP contribution in [-0.2, 0) is 4.74 Å². The molecule has 32 heavy (non-hydrogen) atoms. The Kier molecular flexibility index (Phi) is 9.13. The molecule has 2 rings (SSSR count). The first-order valence-electron chi connectivity index (χ1n) is 10.6. The number of nitrogens with two attached hydrogens (primary N) is 1. The first kappa shape index (κ1) is 24.8. The predicted molar refractivity (Wildman–Crippen MR) is 126 cm³/mol. The molecule has 0 spiro atoms. The van der Waals surface area contributed by atoms with Crippen LogP contribution in [0.2, 0.25) is 0 Å². The number of esters is 1. The smallest absolute Gasteiger partial charge is 0.338 e. The normalized spacial score (nSPS) is 10.7. The standard InChI is InChI=1S/C25H32N2O5/c1-6-11-30-25(29)19-8-10-21(23(13-19)32-15-17(4)5)27-24(28)18-7-9-20(26)22(12-18)31-14-16(2)3/h6-10,12-13,16-17H,1,11,14-15,26H2,2-5H3,(H,27,28). The lowest BCUT2D eigenvalue weighted by Gasteiger charge is -2.16. The van der Waals surface area contributed by atoms with Gasteiger partial charge in [0.2, 0.25) is 0 Å². The minimum atomic E-state index is -0.498. The van der Waals surface area contributed by atoms with Gasteiger partial charge >= 0.3 is 5.97 Å². The third-order valence-electron chi connectivity index (χ3n) is 4.22. The van der Waals surface area contributed by atoms with E-state index in [9.17, 15) is 9.59 Å². The summed E-state index contributed by atoms with van der Waals surface area (Å²) in [7, 11) is 0. The van der Waals surface area contributed by atoms with Crippen molar-refractivity contribution in [3.05, 3.63) is 60.2 Å². The number of hydrogen-bond acceptors (Lipinski definition) is 6. The van der Waals surface area contributed by atoms with Crippen molar-refractivity contribution in [2.24, 2.45) is 11.8 Å². The van der Waals surface area contributed by atoms with E-state index in [0.29, 0.717) is 53.1 Å². The maximum absolute atomic E-state index is 12.9. The van der Waals surface area contributed by atoms with Crippen molar-refractivity contribution in [3.8, 4) is 11.5 Å². The highest BCUT2D eigenvalue weighted by Gasteiger charge is 2.16. The molecule has 0 heterocycles. The van der Waals surface area contributed by atoms with Gasteiger partial charge in [-0.15, -0.1) is 0 Å². The SMILES string of the molecule is C=CCOC(=O)c1ccc(NC(=O)c2ccc(N)c(OCC(C)C)c2)c(OCC(C)C)c1. The van der Waals surface area contributed by atoms with E-state index < -0.39 is 5.97 Å². The summed E-state index contributed by atoms with van der Waals surface area (Å²) in [5.74, 6) is 0.574. The quantitative estimate of drug-likeness (QED) is 0.292. The Bertz CT molecular complexity index is 953. The average Bonchev–Trinajstić information content (AvgIpc) is 2.75. The number of benzene rings is 2. The van der Waals surface area contributed by atoms with Crippen LogP contribution in [0.5, 0.6) is 11.5 Å². The molecule has 0 aliphatic carbocycles. The Labute approximate surface area is 189 Å². The second-order valence-corrected chi connectivity index (χ2v) is 8.21. The molecule has 0 aliphatic heterocycles. The zero-order valence-electron chi connectivity index (χ0n) is 19.1. The first-order valence-corrected chi connectivity index (χ1v) is 10.6. The second kappa shape index (κ2) is 11.8. The van der Waals surface area contributed by atoms with Crippen molar-refractivity contribution in [1.82, 2.24) is 0 Å². The third-order valence-corrected chi connectivity index (χ3v) is 4.22. The van der Waals surface area contributed by atoms with Crippen LogP contribution in [0.1, 0.15) is 48.4 Å². The molecule has 0 saturated carbocycles. The van der Waals surface area contributed by atoms with Crippen LogP contribution < -0.4 is 20.5 Å². The molecule has 0 aromatic heterocycles. The molecule has 2 aromatic rings. The number of ether oxygens (including phenoxy) is 3. The van der Waals surface area contributed by atoms with Crippen LogP contribution in [0.15, 0.2) is 49.1 Å². The molecule has 7 heteroatoms. The van der Waals surface area contributed by atoms with E-state index in [-0.39, 0.29) is 18.4 Å². The van der Waals surface area contributed by atoms with Crippen LogP contribution in [-0.4, -0.2) is 31.7 Å². The first-order chi connectivity index (χ1) is 15.2. The summed E-state index contributed by atoms with van der Waals surface area (Å²) in [5, 5.41) is 2.84. The van der Waals surface area contributed by atoms with Crippen molar-refractivity contribution in [2.45, 2.75) is 27.7 Å². The zero-order chi connectivity index (χ0) is 23.7. The van der Waals surface area contributed by atoms with Gasteiger partial charge in [-0.3, -0.25) is 4.79 Å². The molecule has 172 valence electrons. The van der Waals surface area contributed by atoms with Gasteiger partial charge in [-0.2, -0.15) is 0 Å². The number of nitrogens with one attached hydrogen (secondary N) is 1. The summed E-state index contributed by atoms with van der Waals surface area (Å²) >= 11 is 0. The summed E-state index contributed by atoms with van der Waals surface area (Å²) in [6.07, 6.45) is 1.49. The highest BCUT2D eigenvalue weighted by molar-refractivity contribution is 6.06. The molecular weight excluding hydrogens is 408 g/mol. The molecular formula is C25H32N2O5. The number of rotatable bonds is 11.